The normalized spacial score (nSPS) is 18.1. The Morgan fingerprint density at radius 3 is 2.15 bits per heavy atom. The molecule has 0 fully saturated rings. The lowest BCUT2D eigenvalue weighted by molar-refractivity contribution is 0.331. The van der Waals surface area contributed by atoms with Crippen LogP contribution in [0.25, 0.3) is 0 Å². The third kappa shape index (κ3) is 3.51. The van der Waals surface area contributed by atoms with E-state index in [2.05, 4.69) is 56.8 Å². The number of hydrogen-bond donors (Lipinski definition) is 3. The molecule has 27 heavy (non-hydrogen) atoms. The molecule has 1 aromatic heterocycles. The second kappa shape index (κ2) is 6.77. The summed E-state index contributed by atoms with van der Waals surface area (Å²) in [4.78, 5) is 4.33. The highest BCUT2D eigenvalue weighted by Gasteiger charge is 2.37. The lowest BCUT2D eigenvalue weighted by Crippen LogP contribution is -2.34. The molecule has 1 aromatic carbocycles. The molecule has 1 aliphatic carbocycles. The number of hydrazone groups is 1. The van der Waals surface area contributed by atoms with Crippen LogP contribution in [-0.4, -0.2) is 27.9 Å². The minimum atomic E-state index is -1.54. The van der Waals surface area contributed by atoms with Gasteiger partial charge in [0.2, 0.25) is 0 Å². The topological polar surface area (TPSA) is 91.7 Å². The van der Waals surface area contributed by atoms with Crippen LogP contribution in [0.3, 0.4) is 0 Å². The van der Waals surface area contributed by atoms with E-state index in [1.165, 1.54) is 17.3 Å². The zero-order chi connectivity index (χ0) is 20.0. The number of fused-ring (bicyclic) bond motifs is 1. The van der Waals surface area contributed by atoms with Gasteiger partial charge in [-0.05, 0) is 59.4 Å². The first-order valence-corrected chi connectivity index (χ1v) is 9.33. The number of benzene rings is 1. The molecule has 3 rings (SSSR count). The molecule has 0 saturated heterocycles. The highest BCUT2D eigenvalue weighted by molar-refractivity contribution is 6.58. The van der Waals surface area contributed by atoms with E-state index >= 15 is 0 Å². The number of rotatable bonds is 3. The zero-order valence-corrected chi connectivity index (χ0v) is 16.7. The minimum Gasteiger partial charge on any atom is -0.423 e. The zero-order valence-electron chi connectivity index (χ0n) is 16.7. The van der Waals surface area contributed by atoms with Gasteiger partial charge in [0.15, 0.2) is 0 Å². The van der Waals surface area contributed by atoms with E-state index < -0.39 is 7.12 Å². The summed E-state index contributed by atoms with van der Waals surface area (Å²) in [5, 5.41) is 22.6. The van der Waals surface area contributed by atoms with Gasteiger partial charge >= 0.3 is 7.12 Å². The molecule has 2 aromatic rings. The fourth-order valence-corrected chi connectivity index (χ4v) is 3.95. The van der Waals surface area contributed by atoms with Crippen LogP contribution < -0.4 is 11.3 Å². The lowest BCUT2D eigenvalue weighted by Gasteiger charge is -2.42. The predicted molar refractivity (Wildman–Crippen MR) is 110 cm³/mol. The Labute approximate surface area is 161 Å². The number of pyridine rings is 1. The summed E-state index contributed by atoms with van der Waals surface area (Å²) in [6.45, 7) is 11.3. The standard InChI is InChI=1S/C21H28BN3O2/c1-13-10-16-17(21(4,5)9-8-20(16,2)3)11-15(13)19(25-23)18-7-6-14(12-24-18)22(26)27/h6-7,10-12,26-27H,8-9,23H2,1-5H3. The summed E-state index contributed by atoms with van der Waals surface area (Å²) in [5.74, 6) is 5.75. The Hall–Kier alpha value is -2.18. The first-order valence-electron chi connectivity index (χ1n) is 9.33. The molecule has 1 heterocycles. The molecule has 0 bridgehead atoms. The molecule has 0 aliphatic heterocycles. The van der Waals surface area contributed by atoms with Crippen LogP contribution in [0.15, 0.2) is 35.6 Å². The minimum absolute atomic E-state index is 0.0886. The van der Waals surface area contributed by atoms with E-state index in [4.69, 9.17) is 5.84 Å². The summed E-state index contributed by atoms with van der Waals surface area (Å²) >= 11 is 0. The van der Waals surface area contributed by atoms with Gasteiger partial charge in [0.05, 0.1) is 5.69 Å². The van der Waals surface area contributed by atoms with Gasteiger partial charge < -0.3 is 15.9 Å². The molecule has 0 radical (unpaired) electrons. The monoisotopic (exact) mass is 365 g/mol. The molecule has 0 saturated carbocycles. The van der Waals surface area contributed by atoms with Gasteiger partial charge in [-0.2, -0.15) is 5.10 Å². The van der Waals surface area contributed by atoms with Crippen molar-refractivity contribution in [3.63, 3.8) is 0 Å². The highest BCUT2D eigenvalue weighted by Crippen LogP contribution is 2.46. The van der Waals surface area contributed by atoms with Crippen molar-refractivity contribution in [3.05, 3.63) is 58.4 Å². The van der Waals surface area contributed by atoms with Crippen LogP contribution in [0.2, 0.25) is 0 Å². The number of nitrogens with two attached hydrogens (primary N) is 1. The van der Waals surface area contributed by atoms with Gasteiger partial charge in [-0.25, -0.2) is 0 Å². The van der Waals surface area contributed by atoms with E-state index in [1.54, 1.807) is 12.1 Å². The molecule has 1 aliphatic rings. The molecule has 0 spiro atoms. The summed E-state index contributed by atoms with van der Waals surface area (Å²) in [6.07, 6.45) is 3.73. The predicted octanol–water partition coefficient (Wildman–Crippen LogP) is 2.13. The fraction of sp³-hybridized carbons (Fsp3) is 0.429. The van der Waals surface area contributed by atoms with Crippen LogP contribution in [-0.2, 0) is 10.8 Å². The molecule has 0 atom stereocenters. The third-order valence-corrected chi connectivity index (χ3v) is 5.91. The molecular weight excluding hydrogens is 337 g/mol. The second-order valence-corrected chi connectivity index (χ2v) is 8.81. The maximum atomic E-state index is 9.27. The maximum Gasteiger partial charge on any atom is 0.490 e. The molecule has 0 unspecified atom stereocenters. The summed E-state index contributed by atoms with van der Waals surface area (Å²) in [7, 11) is -1.54. The highest BCUT2D eigenvalue weighted by atomic mass is 16.4. The Bertz CT molecular complexity index is 887. The van der Waals surface area contributed by atoms with Crippen molar-refractivity contribution < 1.29 is 10.0 Å². The van der Waals surface area contributed by atoms with Crippen LogP contribution in [0, 0.1) is 6.92 Å². The van der Waals surface area contributed by atoms with Gasteiger partial charge in [-0.1, -0.05) is 39.8 Å². The van der Waals surface area contributed by atoms with Crippen LogP contribution >= 0.6 is 0 Å². The Kier molecular flexibility index (Phi) is 4.91. The summed E-state index contributed by atoms with van der Waals surface area (Å²) in [5.41, 5.74) is 6.58. The molecule has 4 N–H and O–H groups in total. The van der Waals surface area contributed by atoms with Crippen molar-refractivity contribution >= 4 is 18.3 Å². The van der Waals surface area contributed by atoms with Crippen molar-refractivity contribution in [3.8, 4) is 0 Å². The number of nitrogens with zero attached hydrogens (tertiary/aromatic N) is 2. The van der Waals surface area contributed by atoms with E-state index in [-0.39, 0.29) is 10.8 Å². The largest absolute Gasteiger partial charge is 0.490 e. The second-order valence-electron chi connectivity index (χ2n) is 8.81. The van der Waals surface area contributed by atoms with Crippen molar-refractivity contribution in [2.24, 2.45) is 10.9 Å². The van der Waals surface area contributed by atoms with Gasteiger partial charge in [0.25, 0.3) is 0 Å². The van der Waals surface area contributed by atoms with Crippen molar-refractivity contribution in [2.75, 3.05) is 0 Å². The first-order chi connectivity index (χ1) is 12.6. The van der Waals surface area contributed by atoms with Crippen molar-refractivity contribution in [1.82, 2.24) is 4.98 Å². The van der Waals surface area contributed by atoms with Gasteiger partial charge in [-0.15, -0.1) is 0 Å². The SMILES string of the molecule is Cc1cc2c(cc1C(=NN)c1ccc(B(O)O)cn1)C(C)(C)CCC2(C)C. The summed E-state index contributed by atoms with van der Waals surface area (Å²) in [6, 6.07) is 7.82. The van der Waals surface area contributed by atoms with Crippen molar-refractivity contribution in [2.45, 2.75) is 58.3 Å². The van der Waals surface area contributed by atoms with Crippen molar-refractivity contribution in [1.29, 1.82) is 0 Å². The summed E-state index contributed by atoms with van der Waals surface area (Å²) < 4.78 is 0. The Balaban J connectivity index is 2.13. The first kappa shape index (κ1) is 19.6. The van der Waals surface area contributed by atoms with Crippen LogP contribution in [0.4, 0.5) is 0 Å². The van der Waals surface area contributed by atoms with Gasteiger partial charge in [0, 0.05) is 17.2 Å². The van der Waals surface area contributed by atoms with Crippen LogP contribution in [0.1, 0.15) is 68.5 Å². The van der Waals surface area contributed by atoms with Gasteiger partial charge in [0.1, 0.15) is 5.71 Å². The third-order valence-electron chi connectivity index (χ3n) is 5.91. The Morgan fingerprint density at radius 2 is 1.67 bits per heavy atom. The molecule has 142 valence electrons. The molecule has 6 heteroatoms. The number of aryl methyl sites for hydroxylation is 1. The average molecular weight is 365 g/mol. The molecular formula is C21H28BN3O2. The molecule has 0 amide bonds. The fourth-order valence-electron chi connectivity index (χ4n) is 3.95. The quantitative estimate of drug-likeness (QED) is 0.336. The maximum absolute atomic E-state index is 9.27. The lowest BCUT2D eigenvalue weighted by atomic mass is 9.62. The Morgan fingerprint density at radius 1 is 1.07 bits per heavy atom. The molecule has 5 nitrogen and oxygen atoms in total. The smallest absolute Gasteiger partial charge is 0.423 e. The number of hydrogen-bond acceptors (Lipinski definition) is 5. The van der Waals surface area contributed by atoms with E-state index in [1.807, 2.05) is 0 Å². The van der Waals surface area contributed by atoms with E-state index in [0.717, 1.165) is 24.0 Å². The van der Waals surface area contributed by atoms with Gasteiger partial charge in [-0.3, -0.25) is 4.98 Å². The average Bonchev–Trinajstić information content (AvgIpc) is 2.61. The van der Waals surface area contributed by atoms with E-state index in [0.29, 0.717) is 16.9 Å². The van der Waals surface area contributed by atoms with E-state index in [9.17, 15) is 10.0 Å². The van der Waals surface area contributed by atoms with Crippen LogP contribution in [0.5, 0.6) is 0 Å². The number of aromatic nitrogens is 1.